The molecule has 262 valence electrons. The number of benzene rings is 2. The molecule has 9 nitrogen and oxygen atoms in total. The first-order valence-corrected chi connectivity index (χ1v) is 17.4. The number of aliphatic hydroxyl groups is 1. The molecule has 49 heavy (non-hydrogen) atoms. The van der Waals surface area contributed by atoms with E-state index >= 15 is 0 Å². The van der Waals surface area contributed by atoms with Crippen LogP contribution in [0.2, 0.25) is 0 Å². The van der Waals surface area contributed by atoms with E-state index in [1.54, 1.807) is 13.0 Å². The molecule has 1 amide bonds. The first kappa shape index (κ1) is 37.1. The highest BCUT2D eigenvalue weighted by molar-refractivity contribution is 5.92. The average Bonchev–Trinajstić information content (AvgIpc) is 3.10. The maximum absolute atomic E-state index is 12.8. The zero-order chi connectivity index (χ0) is 35.5. The topological polar surface area (TPSA) is 109 Å². The summed E-state index contributed by atoms with van der Waals surface area (Å²) >= 11 is 0. The molecule has 5 N–H and O–H groups in total. The Labute approximate surface area is 293 Å². The van der Waals surface area contributed by atoms with E-state index < -0.39 is 0 Å². The lowest BCUT2D eigenvalue weighted by Crippen LogP contribution is -2.50. The van der Waals surface area contributed by atoms with Gasteiger partial charge < -0.3 is 31.3 Å². The molecule has 2 aliphatic rings. The molecule has 0 bridgehead atoms. The lowest BCUT2D eigenvalue weighted by atomic mass is 10.00. The molecule has 0 saturated carbocycles. The summed E-state index contributed by atoms with van der Waals surface area (Å²) in [6.45, 7) is 23.9. The van der Waals surface area contributed by atoms with Crippen LogP contribution in [0.1, 0.15) is 59.4 Å². The van der Waals surface area contributed by atoms with Gasteiger partial charge in [-0.2, -0.15) is 0 Å². The molecule has 0 unspecified atom stereocenters. The highest BCUT2D eigenvalue weighted by Gasteiger charge is 2.22. The van der Waals surface area contributed by atoms with Gasteiger partial charge in [0.2, 0.25) is 5.91 Å². The van der Waals surface area contributed by atoms with Gasteiger partial charge in [-0.1, -0.05) is 39.1 Å². The van der Waals surface area contributed by atoms with Crippen molar-refractivity contribution < 1.29 is 9.90 Å². The molecule has 4 rings (SSSR count). The molecule has 2 aromatic carbocycles. The summed E-state index contributed by atoms with van der Waals surface area (Å²) in [6.07, 6.45) is 7.17. The fourth-order valence-electron chi connectivity index (χ4n) is 6.60. The molecule has 2 heterocycles. The number of allylic oxidation sites excluding steroid dienone is 3. The highest BCUT2D eigenvalue weighted by Crippen LogP contribution is 2.25. The first-order valence-electron chi connectivity index (χ1n) is 17.4. The SMILES string of the molecule is C=C/C(=C(C)\C(N)=C(/C)O)N1CCC(/C=N\C(=C)Nc2ccc(CC(=O)Nc3ccc(N4CCN(C(CC)CC)CC4)cc3)cc2)=C(C)C1. The van der Waals surface area contributed by atoms with Crippen molar-refractivity contribution in [2.75, 3.05) is 54.8 Å². The number of hydrogen-bond acceptors (Lipinski definition) is 8. The predicted octanol–water partition coefficient (Wildman–Crippen LogP) is 7.36. The summed E-state index contributed by atoms with van der Waals surface area (Å²) in [6, 6.07) is 16.6. The summed E-state index contributed by atoms with van der Waals surface area (Å²) in [7, 11) is 0. The summed E-state index contributed by atoms with van der Waals surface area (Å²) in [5.41, 5.74) is 14.3. The van der Waals surface area contributed by atoms with E-state index in [1.165, 1.54) is 24.1 Å². The number of nitrogens with two attached hydrogens (primary N) is 1. The quantitative estimate of drug-likeness (QED) is 0.0949. The summed E-state index contributed by atoms with van der Waals surface area (Å²) in [5, 5.41) is 16.1. The molecule has 2 aliphatic heterocycles. The summed E-state index contributed by atoms with van der Waals surface area (Å²) in [5.74, 6) is 0.586. The largest absolute Gasteiger partial charge is 0.510 e. The highest BCUT2D eigenvalue weighted by atomic mass is 16.3. The van der Waals surface area contributed by atoms with E-state index in [1.807, 2.05) is 49.5 Å². The van der Waals surface area contributed by atoms with Gasteiger partial charge in [-0.25, -0.2) is 4.99 Å². The van der Waals surface area contributed by atoms with Crippen molar-refractivity contribution in [1.82, 2.24) is 9.80 Å². The van der Waals surface area contributed by atoms with Crippen LogP contribution in [0, 0.1) is 0 Å². The van der Waals surface area contributed by atoms with Crippen molar-refractivity contribution in [1.29, 1.82) is 0 Å². The Morgan fingerprint density at radius 2 is 1.59 bits per heavy atom. The minimum absolute atomic E-state index is 0.0507. The molecular formula is C40H55N7O2. The van der Waals surface area contributed by atoms with Crippen molar-refractivity contribution in [2.45, 2.75) is 66.3 Å². The number of piperazine rings is 1. The van der Waals surface area contributed by atoms with Crippen LogP contribution in [0.25, 0.3) is 0 Å². The zero-order valence-electron chi connectivity index (χ0n) is 30.1. The third kappa shape index (κ3) is 10.1. The zero-order valence-corrected chi connectivity index (χ0v) is 30.1. The van der Waals surface area contributed by atoms with Gasteiger partial charge >= 0.3 is 0 Å². The number of carbonyl (C=O) groups is 1. The molecule has 0 atom stereocenters. The average molecular weight is 666 g/mol. The second kappa shape index (κ2) is 17.6. The standard InChI is InChI=1S/C40H55N7O2/c1-8-36(9-2)45-21-23-46(24-22-45)37-17-15-35(16-18-37)44-39(49)25-32-11-13-34(14-12-32)43-31(7)42-26-33-19-20-47(27-28(33)4)38(10-3)29(5)40(41)30(6)48/h10-18,26,36,43,48H,3,7-9,19-25,27,41H2,1-2,4-6H3,(H,44,49)/b38-29+,40-30-,42-26-. The second-order valence-electron chi connectivity index (χ2n) is 13.0. The minimum Gasteiger partial charge on any atom is -0.510 e. The van der Waals surface area contributed by atoms with Crippen LogP contribution in [0.4, 0.5) is 17.1 Å². The molecule has 0 spiro atoms. The van der Waals surface area contributed by atoms with Crippen LogP contribution in [-0.4, -0.2) is 72.3 Å². The van der Waals surface area contributed by atoms with Crippen LogP contribution in [-0.2, 0) is 11.2 Å². The smallest absolute Gasteiger partial charge is 0.228 e. The first-order chi connectivity index (χ1) is 23.5. The summed E-state index contributed by atoms with van der Waals surface area (Å²) in [4.78, 5) is 24.6. The number of aliphatic imine (C=N–C) groups is 1. The lowest BCUT2D eigenvalue weighted by molar-refractivity contribution is -0.115. The second-order valence-corrected chi connectivity index (χ2v) is 13.0. The number of rotatable bonds is 14. The van der Waals surface area contributed by atoms with Crippen molar-refractivity contribution in [3.05, 3.63) is 113 Å². The third-order valence-electron chi connectivity index (χ3n) is 9.61. The van der Waals surface area contributed by atoms with Gasteiger partial charge in [0.1, 0.15) is 11.6 Å². The number of aliphatic hydroxyl groups excluding tert-OH is 1. The lowest BCUT2D eigenvalue weighted by Gasteiger charge is -2.39. The van der Waals surface area contributed by atoms with E-state index in [-0.39, 0.29) is 18.1 Å². The van der Waals surface area contributed by atoms with Crippen LogP contribution in [0.15, 0.2) is 112 Å². The van der Waals surface area contributed by atoms with Crippen molar-refractivity contribution in [3.8, 4) is 0 Å². The summed E-state index contributed by atoms with van der Waals surface area (Å²) < 4.78 is 0. The maximum atomic E-state index is 12.8. The molecule has 0 aliphatic carbocycles. The Morgan fingerprint density at radius 3 is 2.16 bits per heavy atom. The van der Waals surface area contributed by atoms with Gasteiger partial charge in [-0.3, -0.25) is 9.69 Å². The van der Waals surface area contributed by atoms with Crippen LogP contribution in [0.5, 0.6) is 0 Å². The number of amides is 1. The number of anilines is 3. The van der Waals surface area contributed by atoms with Gasteiger partial charge in [-0.15, -0.1) is 0 Å². The van der Waals surface area contributed by atoms with Crippen LogP contribution in [0.3, 0.4) is 0 Å². The molecule has 2 aromatic rings. The van der Waals surface area contributed by atoms with Gasteiger partial charge in [0.25, 0.3) is 0 Å². The number of nitrogens with zero attached hydrogens (tertiary/aromatic N) is 4. The molecule has 0 radical (unpaired) electrons. The van der Waals surface area contributed by atoms with Gasteiger partial charge in [0.15, 0.2) is 0 Å². The van der Waals surface area contributed by atoms with E-state index in [4.69, 9.17) is 5.73 Å². The Kier molecular flexibility index (Phi) is 13.3. The van der Waals surface area contributed by atoms with E-state index in [0.717, 1.165) is 72.9 Å². The number of nitrogens with one attached hydrogen (secondary N) is 2. The normalized spacial score (nSPS) is 16.9. The molecular weight excluding hydrogens is 610 g/mol. The van der Waals surface area contributed by atoms with E-state index in [9.17, 15) is 9.90 Å². The maximum Gasteiger partial charge on any atom is 0.228 e. The Morgan fingerprint density at radius 1 is 0.980 bits per heavy atom. The van der Waals surface area contributed by atoms with Crippen LogP contribution < -0.4 is 21.3 Å². The van der Waals surface area contributed by atoms with Crippen molar-refractivity contribution >= 4 is 29.2 Å². The van der Waals surface area contributed by atoms with Crippen LogP contribution >= 0.6 is 0 Å². The van der Waals surface area contributed by atoms with Gasteiger partial charge in [0.05, 0.1) is 12.1 Å². The fourth-order valence-corrected chi connectivity index (χ4v) is 6.60. The van der Waals surface area contributed by atoms with Gasteiger partial charge in [0, 0.05) is 74.3 Å². The van der Waals surface area contributed by atoms with Crippen molar-refractivity contribution in [2.24, 2.45) is 10.7 Å². The predicted molar refractivity (Wildman–Crippen MR) is 206 cm³/mol. The molecule has 1 fully saturated rings. The number of hydrogen-bond donors (Lipinski definition) is 4. The van der Waals surface area contributed by atoms with E-state index in [0.29, 0.717) is 24.1 Å². The molecule has 1 saturated heterocycles. The third-order valence-corrected chi connectivity index (χ3v) is 9.61. The monoisotopic (exact) mass is 665 g/mol. The Hall–Kier alpha value is -4.76. The minimum atomic E-state index is -0.0507. The van der Waals surface area contributed by atoms with Gasteiger partial charge in [-0.05, 0) is 105 Å². The van der Waals surface area contributed by atoms with Crippen molar-refractivity contribution in [3.63, 3.8) is 0 Å². The number of carbonyl (C=O) groups excluding carboxylic acids is 1. The fraction of sp³-hybridized carbons (Fsp3) is 0.400. The molecule has 0 aromatic heterocycles. The van der Waals surface area contributed by atoms with E-state index in [2.05, 4.69) is 76.4 Å². The Balaban J connectivity index is 1.24. The Bertz CT molecular complexity index is 1590. The molecule has 9 heteroatoms.